The maximum atomic E-state index is 14.0. The summed E-state index contributed by atoms with van der Waals surface area (Å²) in [5, 5.41) is 20.2. The molecule has 0 unspecified atom stereocenters. The average molecular weight is 1530 g/mol. The van der Waals surface area contributed by atoms with Gasteiger partial charge in [0.1, 0.15) is 0 Å². The summed E-state index contributed by atoms with van der Waals surface area (Å²) >= 11 is 0. The summed E-state index contributed by atoms with van der Waals surface area (Å²) in [4.78, 5) is 132. The zero-order valence-corrected chi connectivity index (χ0v) is 78.0. The fourth-order valence-electron chi connectivity index (χ4n) is 15.2. The number of nitrogens with one attached hydrogen (secondary N) is 2. The van der Waals surface area contributed by atoms with Gasteiger partial charge in [0.05, 0.1) is 0 Å². The fourth-order valence-corrected chi connectivity index (χ4v) is 39.0. The van der Waals surface area contributed by atoms with Gasteiger partial charge < -0.3 is 43.1 Å². The first-order chi connectivity index (χ1) is 43.5. The smallest absolute Gasteiger partial charge is 1.00 e. The number of nitrogens with zero attached hydrogens (tertiary/aromatic N) is 9. The Balaban J connectivity index is 0.00000253. The number of amidine groups is 4. The van der Waals surface area contributed by atoms with Crippen LogP contribution in [-0.2, 0) is 41.0 Å². The largest absolute Gasteiger partial charge is 1.00 e. The van der Waals surface area contributed by atoms with Gasteiger partial charge in [-0.05, 0) is 18.5 Å². The molecule has 6 aliphatic rings. The van der Waals surface area contributed by atoms with Crippen molar-refractivity contribution in [3.63, 3.8) is 0 Å². The van der Waals surface area contributed by atoms with E-state index in [4.69, 9.17) is 32.9 Å². The number of carbonyl (C=O) groups excluding carboxylic acids is 3. The fraction of sp³-hybridized carbons (Fsp3) is 0.407. The number of hydrogen-bond acceptors (Lipinski definition) is 20. The van der Waals surface area contributed by atoms with Gasteiger partial charge in [0, 0.05) is 19.3 Å². The molecule has 0 aliphatic carbocycles. The van der Waals surface area contributed by atoms with Crippen molar-refractivity contribution in [1.29, 1.82) is 0 Å². The molecule has 40 heteroatoms. The topological polar surface area (TPSA) is 381 Å². The number of fused-ring (bicyclic) bond motifs is 12. The molecular weight excluding hydrogens is 1460 g/mol. The molecule has 99 heavy (non-hydrogen) atoms. The van der Waals surface area contributed by atoms with Crippen LogP contribution >= 0.6 is 22.8 Å². The number of benzene rings is 4. The van der Waals surface area contributed by atoms with Crippen LogP contribution in [0.4, 0.5) is 11.6 Å². The predicted molar refractivity (Wildman–Crippen MR) is 335 cm³/mol. The summed E-state index contributed by atoms with van der Waals surface area (Å²) in [6, 6.07) is 32.9. The summed E-state index contributed by atoms with van der Waals surface area (Å²) in [5.74, 6) is 0.925. The Morgan fingerprint density at radius 2 is 0.859 bits per heavy atom. The Bertz CT molecular complexity index is 4340. The third-order valence-corrected chi connectivity index (χ3v) is 37.6. The van der Waals surface area contributed by atoms with Crippen molar-refractivity contribution in [2.24, 2.45) is 20.0 Å². The standard InChI is InChI=1S/C59H76N11O16P3Si3.7Na/c1-90(2,37-14-28-60-49(71)27-13-30-70(31-16-34-87(75,76)77,32-17-35-88(78,79)80)33-18-36-89(81,82)83)85-92(86-91(3,4)38-15-29-61-50(72)39-84-40-51(73)74)66-52-41-19-5-6-20-42(41)53(66)63-55-45-23-9-10-24-46(45)57(68(55)92)65-59-48-26-12-11-25-47(48)58(69(59)92)64-56-44-22-8-7-21-43(44)54(62-52)67(56)92;;;;;;;/h5-12,19-26H,13-18,27-40H2,1-4H3,(H8-,60,61,71,72,73,74,75,76,77,78,79,80,81,82,83);;;;;;;/q;7*+1/p-6. The number of quaternary nitrogens is 1. The molecule has 0 saturated carbocycles. The van der Waals surface area contributed by atoms with Crippen LogP contribution in [0.5, 0.6) is 0 Å². The monoisotopic (exact) mass is 1530 g/mol. The molecule has 2 aromatic heterocycles. The number of carboxylic acid groups (broad SMARTS) is 1. The number of amides is 2. The zero-order valence-electron chi connectivity index (χ0n) is 58.3. The maximum absolute atomic E-state index is 14.0. The van der Waals surface area contributed by atoms with Crippen LogP contribution in [0.2, 0.25) is 38.3 Å². The van der Waals surface area contributed by atoms with Gasteiger partial charge in [-0.2, -0.15) is 0 Å². The molecule has 1 spiro atoms. The van der Waals surface area contributed by atoms with E-state index in [-0.39, 0.29) is 289 Å². The van der Waals surface area contributed by atoms with Crippen molar-refractivity contribution in [2.45, 2.75) is 83.2 Å². The van der Waals surface area contributed by atoms with Crippen molar-refractivity contribution in [3.05, 3.63) is 130 Å². The second-order valence-electron chi connectivity index (χ2n) is 25.9. The molecule has 27 nitrogen and oxygen atoms in total. The second kappa shape index (κ2) is 34.2. The summed E-state index contributed by atoms with van der Waals surface area (Å²) in [6.45, 7) is 7.77. The van der Waals surface area contributed by atoms with Gasteiger partial charge in [-0.1, -0.05) is 22.8 Å². The van der Waals surface area contributed by atoms with Crippen LogP contribution in [0.3, 0.4) is 0 Å². The first-order valence-corrected chi connectivity index (χ1v) is 44.8. The molecule has 8 heterocycles. The molecule has 0 atom stereocenters. The van der Waals surface area contributed by atoms with E-state index in [2.05, 4.69) is 53.8 Å². The molecular formula is C59H70N11Na7O16P3Si3+. The van der Waals surface area contributed by atoms with E-state index in [1.54, 1.807) is 0 Å². The maximum Gasteiger partial charge on any atom is 1.00 e. The summed E-state index contributed by atoms with van der Waals surface area (Å²) in [5.41, 5.74) is 4.21. The van der Waals surface area contributed by atoms with Crippen molar-refractivity contribution < 1.29 is 295 Å². The zero-order chi connectivity index (χ0) is 65.5. The normalized spacial score (nSPS) is 16.4. The number of aromatic nitrogens is 2. The Labute approximate surface area is 729 Å². The van der Waals surface area contributed by atoms with Gasteiger partial charge in [-0.3, -0.25) is 0 Å². The predicted octanol–water partition coefficient (Wildman–Crippen LogP) is -20.9. The van der Waals surface area contributed by atoms with Crippen molar-refractivity contribution in [2.75, 3.05) is 71.0 Å². The SMILES string of the molecule is C[Si](C)(CCCNC(=O)CCC[N+](CCCP(=O)([O-])[O-])(CCCP(=O)([O-])[O-])CCCP(=O)([O-])[O-])O[Si-2]123(O[Si](C)(C)CCCNC(=O)COCC(=O)[O-])n4c5c6ccccc6c4N=C4c6ccccc6C(=[N+]41)N=c1c4ccccc4c(n12)=NC1=[N+]3C(=N5)c2ccccc21.[Na+].[Na+].[Na+].[Na+].[Na+].[Na+].[Na+]. The first-order valence-electron chi connectivity index (χ1n) is 30.8. The number of aliphatic imine (C=N–C) groups is 2. The van der Waals surface area contributed by atoms with E-state index in [0.717, 1.165) is 43.8 Å². The number of hydrogen-bond donors (Lipinski definition) is 2. The minimum atomic E-state index is -7.15. The molecule has 4 aromatic carbocycles. The van der Waals surface area contributed by atoms with E-state index in [9.17, 15) is 62.5 Å². The minimum absolute atomic E-state index is 0. The number of aliphatic carboxylic acids is 1. The molecule has 12 rings (SSSR count). The molecule has 6 aliphatic heterocycles. The molecule has 2 amide bonds. The van der Waals surface area contributed by atoms with Crippen molar-refractivity contribution in [1.82, 2.24) is 19.1 Å². The van der Waals surface area contributed by atoms with Crippen LogP contribution in [0.25, 0.3) is 21.5 Å². The Morgan fingerprint density at radius 3 is 1.25 bits per heavy atom. The van der Waals surface area contributed by atoms with Gasteiger partial charge in [-0.15, -0.1) is 0 Å². The van der Waals surface area contributed by atoms with Crippen LogP contribution in [0.15, 0.2) is 117 Å². The minimum Gasteiger partial charge on any atom is 1.00 e. The van der Waals surface area contributed by atoms with Crippen molar-refractivity contribution >= 4 is 121 Å². The summed E-state index contributed by atoms with van der Waals surface area (Å²) < 4.78 is 67.2. The Morgan fingerprint density at radius 1 is 0.495 bits per heavy atom. The van der Waals surface area contributed by atoms with Gasteiger partial charge >= 0.3 is 637 Å². The number of carboxylic acids is 1. The van der Waals surface area contributed by atoms with E-state index >= 15 is 0 Å². The third-order valence-electron chi connectivity index (χ3n) is 18.3. The van der Waals surface area contributed by atoms with E-state index < -0.39 is 90.8 Å². The number of rotatable bonds is 32. The van der Waals surface area contributed by atoms with Gasteiger partial charge in [0.25, 0.3) is 0 Å². The van der Waals surface area contributed by atoms with Crippen LogP contribution in [-0.4, -0.2) is 158 Å². The Hall–Kier alpha value is 0.591. The van der Waals surface area contributed by atoms with Gasteiger partial charge in [0.2, 0.25) is 0 Å². The molecule has 0 radical (unpaired) electrons. The molecule has 0 bridgehead atoms. The molecule has 2 N–H and O–H groups in total. The van der Waals surface area contributed by atoms with Crippen molar-refractivity contribution in [3.8, 4) is 0 Å². The average Bonchev–Trinajstić information content (AvgIpc) is 1.50. The first kappa shape index (κ1) is 90.2. The molecule has 0 fully saturated rings. The number of carbonyl (C=O) groups is 3. The molecule has 0 saturated heterocycles. The van der Waals surface area contributed by atoms with E-state index in [1.807, 2.05) is 97.1 Å². The Kier molecular flexibility index (Phi) is 31.2. The quantitative estimate of drug-likeness (QED) is 0.0171. The molecule has 490 valence electrons. The second-order valence-corrected chi connectivity index (χ2v) is 45.2. The van der Waals surface area contributed by atoms with E-state index in [1.165, 1.54) is 0 Å². The van der Waals surface area contributed by atoms with Crippen LogP contribution in [0.1, 0.15) is 67.2 Å². The third kappa shape index (κ3) is 16.9. The number of ether oxygens (including phenoxy) is 1. The molecule has 6 aromatic rings. The van der Waals surface area contributed by atoms with Crippen LogP contribution in [0, 0.1) is 0 Å². The van der Waals surface area contributed by atoms with Gasteiger partial charge in [-0.25, -0.2) is 0 Å². The summed E-state index contributed by atoms with van der Waals surface area (Å²) in [7, 11) is -29.1. The van der Waals surface area contributed by atoms with E-state index in [0.29, 0.717) is 70.9 Å². The summed E-state index contributed by atoms with van der Waals surface area (Å²) in [6.07, 6.45) is -1.77. The van der Waals surface area contributed by atoms with Gasteiger partial charge in [0.15, 0.2) is 0 Å². The van der Waals surface area contributed by atoms with Crippen LogP contribution < -0.4 is 263 Å².